The van der Waals surface area contributed by atoms with E-state index in [-0.39, 0.29) is 11.9 Å². The van der Waals surface area contributed by atoms with Crippen molar-refractivity contribution in [1.82, 2.24) is 9.78 Å². The number of aromatic nitrogens is 2. The first-order chi connectivity index (χ1) is 10.4. The summed E-state index contributed by atoms with van der Waals surface area (Å²) in [5.74, 6) is 0.747. The van der Waals surface area contributed by atoms with Crippen LogP contribution in [0.25, 0.3) is 0 Å². The number of anilines is 1. The Hall–Kier alpha value is -1.72. The first kappa shape index (κ1) is 16.6. The van der Waals surface area contributed by atoms with Gasteiger partial charge in [0.1, 0.15) is 11.6 Å². The van der Waals surface area contributed by atoms with Gasteiger partial charge < -0.3 is 10.1 Å². The largest absolute Gasteiger partial charge is 0.479 e. The summed E-state index contributed by atoms with van der Waals surface area (Å²) in [5, 5.41) is 7.82. The Morgan fingerprint density at radius 3 is 2.64 bits per heavy atom. The highest BCUT2D eigenvalue weighted by molar-refractivity contribution is 6.35. The van der Waals surface area contributed by atoms with Crippen molar-refractivity contribution in [3.63, 3.8) is 0 Å². The molecule has 2 aromatic rings. The molecule has 2 rings (SSSR count). The molecule has 0 fully saturated rings. The first-order valence-electron chi connectivity index (χ1n) is 6.84. The summed E-state index contributed by atoms with van der Waals surface area (Å²) in [4.78, 5) is 12.2. The fourth-order valence-corrected chi connectivity index (χ4v) is 2.32. The Labute approximate surface area is 139 Å². The number of nitrogens with one attached hydrogen (secondary N) is 1. The number of benzene rings is 1. The van der Waals surface area contributed by atoms with Crippen LogP contribution >= 0.6 is 23.2 Å². The molecule has 0 aliphatic heterocycles. The van der Waals surface area contributed by atoms with Crippen molar-refractivity contribution in [3.8, 4) is 5.75 Å². The standard InChI is InChI=1S/C15H17Cl2N3O2/c1-9(2)20-14(6-7-18-20)19-15(21)10(3)22-13-5-4-11(16)8-12(13)17/h4-10H,1-3H3,(H,19,21). The third-order valence-corrected chi connectivity index (χ3v) is 3.51. The first-order valence-corrected chi connectivity index (χ1v) is 7.60. The van der Waals surface area contributed by atoms with Crippen molar-refractivity contribution >= 4 is 34.9 Å². The molecule has 22 heavy (non-hydrogen) atoms. The molecule has 0 radical (unpaired) electrons. The number of hydrogen-bond donors (Lipinski definition) is 1. The van der Waals surface area contributed by atoms with Crippen molar-refractivity contribution < 1.29 is 9.53 Å². The molecular weight excluding hydrogens is 325 g/mol. The van der Waals surface area contributed by atoms with Gasteiger partial charge in [-0.15, -0.1) is 0 Å². The van der Waals surface area contributed by atoms with E-state index in [4.69, 9.17) is 27.9 Å². The normalized spacial score (nSPS) is 12.3. The highest BCUT2D eigenvalue weighted by atomic mass is 35.5. The number of ether oxygens (including phenoxy) is 1. The van der Waals surface area contributed by atoms with Crippen LogP contribution in [0.2, 0.25) is 10.0 Å². The number of hydrogen-bond acceptors (Lipinski definition) is 3. The minimum Gasteiger partial charge on any atom is -0.479 e. The van der Waals surface area contributed by atoms with Crippen LogP contribution in [0.15, 0.2) is 30.5 Å². The summed E-state index contributed by atoms with van der Waals surface area (Å²) in [7, 11) is 0. The smallest absolute Gasteiger partial charge is 0.266 e. The molecule has 7 heteroatoms. The van der Waals surface area contributed by atoms with Crippen LogP contribution in [0.5, 0.6) is 5.75 Å². The van der Waals surface area contributed by atoms with Gasteiger partial charge in [-0.2, -0.15) is 5.10 Å². The van der Waals surface area contributed by atoms with E-state index in [0.29, 0.717) is 21.6 Å². The Morgan fingerprint density at radius 1 is 1.27 bits per heavy atom. The van der Waals surface area contributed by atoms with E-state index in [1.165, 1.54) is 0 Å². The minimum atomic E-state index is -0.714. The van der Waals surface area contributed by atoms with Gasteiger partial charge >= 0.3 is 0 Å². The van der Waals surface area contributed by atoms with Gasteiger partial charge in [-0.05, 0) is 39.0 Å². The second-order valence-electron chi connectivity index (χ2n) is 5.08. The van der Waals surface area contributed by atoms with Gasteiger partial charge in [0, 0.05) is 17.1 Å². The molecule has 1 aromatic heterocycles. The second-order valence-corrected chi connectivity index (χ2v) is 5.92. The maximum absolute atomic E-state index is 12.2. The molecule has 0 saturated carbocycles. The Morgan fingerprint density at radius 2 is 2.00 bits per heavy atom. The second kappa shape index (κ2) is 7.03. The monoisotopic (exact) mass is 341 g/mol. The lowest BCUT2D eigenvalue weighted by molar-refractivity contribution is -0.122. The summed E-state index contributed by atoms with van der Waals surface area (Å²) >= 11 is 11.9. The SMILES string of the molecule is CC(Oc1ccc(Cl)cc1Cl)C(=O)Nc1ccnn1C(C)C. The molecule has 1 N–H and O–H groups in total. The van der Waals surface area contributed by atoms with Crippen LogP contribution in [0.1, 0.15) is 26.8 Å². The molecule has 1 atom stereocenters. The van der Waals surface area contributed by atoms with Gasteiger partial charge in [-0.1, -0.05) is 23.2 Å². The molecule has 0 bridgehead atoms. The fraction of sp³-hybridized carbons (Fsp3) is 0.333. The zero-order valence-corrected chi connectivity index (χ0v) is 14.0. The highest BCUT2D eigenvalue weighted by Gasteiger charge is 2.18. The molecule has 118 valence electrons. The van der Waals surface area contributed by atoms with E-state index in [1.54, 1.807) is 42.1 Å². The Balaban J connectivity index is 2.04. The third-order valence-electron chi connectivity index (χ3n) is 2.98. The summed E-state index contributed by atoms with van der Waals surface area (Å²) < 4.78 is 7.30. The van der Waals surface area contributed by atoms with E-state index >= 15 is 0 Å². The average molecular weight is 342 g/mol. The molecule has 0 aliphatic rings. The van der Waals surface area contributed by atoms with Crippen LogP contribution < -0.4 is 10.1 Å². The van der Waals surface area contributed by atoms with E-state index < -0.39 is 6.10 Å². The molecule has 1 amide bonds. The zero-order valence-electron chi connectivity index (χ0n) is 12.5. The van der Waals surface area contributed by atoms with Gasteiger partial charge in [-0.3, -0.25) is 4.79 Å². The topological polar surface area (TPSA) is 56.1 Å². The molecule has 0 saturated heterocycles. The molecule has 5 nitrogen and oxygen atoms in total. The Kier molecular flexibility index (Phi) is 5.32. The Bertz CT molecular complexity index is 671. The lowest BCUT2D eigenvalue weighted by Gasteiger charge is -2.17. The van der Waals surface area contributed by atoms with E-state index in [9.17, 15) is 4.79 Å². The van der Waals surface area contributed by atoms with Crippen LogP contribution in [0, 0.1) is 0 Å². The highest BCUT2D eigenvalue weighted by Crippen LogP contribution is 2.28. The van der Waals surface area contributed by atoms with Crippen LogP contribution in [-0.2, 0) is 4.79 Å². The average Bonchev–Trinajstić information content (AvgIpc) is 2.90. The molecular formula is C15H17Cl2N3O2. The van der Waals surface area contributed by atoms with E-state index in [2.05, 4.69) is 10.4 Å². The minimum absolute atomic E-state index is 0.146. The van der Waals surface area contributed by atoms with Crippen LogP contribution in [-0.4, -0.2) is 21.8 Å². The molecule has 0 spiro atoms. The predicted octanol–water partition coefficient (Wildman–Crippen LogP) is 4.18. The van der Waals surface area contributed by atoms with Gasteiger partial charge in [0.25, 0.3) is 5.91 Å². The van der Waals surface area contributed by atoms with Gasteiger partial charge in [-0.25, -0.2) is 4.68 Å². The lowest BCUT2D eigenvalue weighted by atomic mass is 10.3. The quantitative estimate of drug-likeness (QED) is 0.887. The summed E-state index contributed by atoms with van der Waals surface area (Å²) in [6.07, 6.45) is 0.922. The van der Waals surface area contributed by atoms with Crippen molar-refractivity contribution in [2.75, 3.05) is 5.32 Å². The van der Waals surface area contributed by atoms with Crippen molar-refractivity contribution in [1.29, 1.82) is 0 Å². The number of carbonyl (C=O) groups excluding carboxylic acids is 1. The summed E-state index contributed by atoms with van der Waals surface area (Å²) in [5.41, 5.74) is 0. The number of carbonyl (C=O) groups is 1. The van der Waals surface area contributed by atoms with Crippen molar-refractivity contribution in [3.05, 3.63) is 40.5 Å². The van der Waals surface area contributed by atoms with Crippen molar-refractivity contribution in [2.45, 2.75) is 32.9 Å². The molecule has 1 unspecified atom stereocenters. The van der Waals surface area contributed by atoms with Gasteiger partial charge in [0.05, 0.1) is 11.2 Å². The number of rotatable bonds is 5. The molecule has 0 aliphatic carbocycles. The predicted molar refractivity (Wildman–Crippen MR) is 87.8 cm³/mol. The summed E-state index contributed by atoms with van der Waals surface area (Å²) in [6.45, 7) is 5.61. The van der Waals surface area contributed by atoms with E-state index in [1.807, 2.05) is 13.8 Å². The van der Waals surface area contributed by atoms with Crippen LogP contribution in [0.4, 0.5) is 5.82 Å². The zero-order chi connectivity index (χ0) is 16.3. The number of nitrogens with zero attached hydrogens (tertiary/aromatic N) is 2. The van der Waals surface area contributed by atoms with Crippen molar-refractivity contribution in [2.24, 2.45) is 0 Å². The van der Waals surface area contributed by atoms with E-state index in [0.717, 1.165) is 0 Å². The van der Waals surface area contributed by atoms with Gasteiger partial charge in [0.2, 0.25) is 0 Å². The maximum atomic E-state index is 12.2. The maximum Gasteiger partial charge on any atom is 0.266 e. The molecule has 1 heterocycles. The van der Waals surface area contributed by atoms with Crippen LogP contribution in [0.3, 0.4) is 0 Å². The number of amides is 1. The number of halogens is 2. The molecule has 1 aromatic carbocycles. The fourth-order valence-electron chi connectivity index (χ4n) is 1.87. The van der Waals surface area contributed by atoms with Gasteiger partial charge in [0.15, 0.2) is 6.10 Å². The third kappa shape index (κ3) is 3.93. The lowest BCUT2D eigenvalue weighted by Crippen LogP contribution is -2.31. The summed E-state index contributed by atoms with van der Waals surface area (Å²) in [6, 6.07) is 6.73.